The molecule has 0 saturated heterocycles. The lowest BCUT2D eigenvalue weighted by Crippen LogP contribution is -2.05. The number of fused-ring (bicyclic) bond motifs is 1. The zero-order valence-corrected chi connectivity index (χ0v) is 14.3. The van der Waals surface area contributed by atoms with Gasteiger partial charge in [-0.3, -0.25) is 0 Å². The average Bonchev–Trinajstić information content (AvgIpc) is 3.12. The van der Waals surface area contributed by atoms with Crippen molar-refractivity contribution in [1.29, 1.82) is 5.26 Å². The van der Waals surface area contributed by atoms with Crippen LogP contribution in [0, 0.1) is 11.3 Å². The van der Waals surface area contributed by atoms with Gasteiger partial charge in [0.05, 0.1) is 29.9 Å². The fourth-order valence-corrected chi connectivity index (χ4v) is 3.23. The van der Waals surface area contributed by atoms with Gasteiger partial charge in [0.15, 0.2) is 0 Å². The number of nitrogens with zero attached hydrogens (tertiary/aromatic N) is 3. The zero-order chi connectivity index (χ0) is 18.1. The number of aromatic nitrogens is 2. The van der Waals surface area contributed by atoms with Gasteiger partial charge in [0.2, 0.25) is 0 Å². The maximum atomic E-state index is 10.7. The van der Waals surface area contributed by atoms with E-state index < -0.39 is 6.10 Å². The minimum atomic E-state index is -0.797. The molecule has 0 amide bonds. The predicted octanol–water partition coefficient (Wildman–Crippen LogP) is 4.19. The molecular weight excluding hydrogens is 322 g/mol. The number of hydrogen-bond donors (Lipinski definition) is 1. The molecule has 1 N–H and O–H groups in total. The topological polar surface area (TPSA) is 61.8 Å². The first-order valence-corrected chi connectivity index (χ1v) is 8.35. The summed E-state index contributed by atoms with van der Waals surface area (Å²) in [6, 6.07) is 22.0. The Hall–Kier alpha value is -3.42. The number of aliphatic hydroxyl groups is 1. The van der Waals surface area contributed by atoms with Crippen LogP contribution in [0.5, 0.6) is 0 Å². The highest BCUT2D eigenvalue weighted by Crippen LogP contribution is 2.31. The molecule has 1 unspecified atom stereocenters. The van der Waals surface area contributed by atoms with Crippen molar-refractivity contribution in [2.24, 2.45) is 7.05 Å². The summed E-state index contributed by atoms with van der Waals surface area (Å²) in [6.07, 6.45) is 2.51. The Labute approximate surface area is 151 Å². The molecule has 0 aliphatic rings. The van der Waals surface area contributed by atoms with E-state index >= 15 is 0 Å². The zero-order valence-electron chi connectivity index (χ0n) is 14.3. The number of imidazole rings is 1. The number of aliphatic hydroxyl groups excluding tert-OH is 1. The number of hydrogen-bond acceptors (Lipinski definition) is 3. The first kappa shape index (κ1) is 16.1. The van der Waals surface area contributed by atoms with E-state index in [9.17, 15) is 10.4 Å². The van der Waals surface area contributed by atoms with E-state index in [0.717, 1.165) is 27.5 Å². The third-order valence-electron chi connectivity index (χ3n) is 4.67. The highest BCUT2D eigenvalue weighted by Gasteiger charge is 2.16. The number of rotatable bonds is 3. The second-order valence-electron chi connectivity index (χ2n) is 6.31. The van der Waals surface area contributed by atoms with Crippen molar-refractivity contribution in [3.63, 3.8) is 0 Å². The van der Waals surface area contributed by atoms with Gasteiger partial charge >= 0.3 is 0 Å². The molecule has 1 aromatic heterocycles. The SMILES string of the molecule is Cn1cncc1C(O)c1ccc(C#N)c(-c2ccc3ccccc3c2)c1. The molecule has 0 spiro atoms. The standard InChI is InChI=1S/C22H17N3O/c1-25-14-24-13-21(25)22(26)18-8-9-19(12-23)20(11-18)17-7-6-15-4-2-3-5-16(15)10-17/h2-11,13-14,22,26H,1H3. The molecule has 1 heterocycles. The quantitative estimate of drug-likeness (QED) is 0.609. The normalized spacial score (nSPS) is 12.0. The third kappa shape index (κ3) is 2.75. The van der Waals surface area contributed by atoms with Crippen molar-refractivity contribution in [3.05, 3.63) is 90.0 Å². The summed E-state index contributed by atoms with van der Waals surface area (Å²) in [6.45, 7) is 0. The first-order chi connectivity index (χ1) is 12.7. The van der Waals surface area contributed by atoms with Crippen LogP contribution in [0.15, 0.2) is 73.2 Å². The second kappa shape index (κ2) is 6.47. The summed E-state index contributed by atoms with van der Waals surface area (Å²) < 4.78 is 1.79. The number of nitriles is 1. The van der Waals surface area contributed by atoms with Crippen LogP contribution < -0.4 is 0 Å². The van der Waals surface area contributed by atoms with E-state index in [-0.39, 0.29) is 0 Å². The highest BCUT2D eigenvalue weighted by molar-refractivity contribution is 5.88. The van der Waals surface area contributed by atoms with Crippen LogP contribution in [0.2, 0.25) is 0 Å². The molecule has 26 heavy (non-hydrogen) atoms. The van der Waals surface area contributed by atoms with Gasteiger partial charge in [0, 0.05) is 7.05 Å². The van der Waals surface area contributed by atoms with Crippen molar-refractivity contribution in [1.82, 2.24) is 9.55 Å². The van der Waals surface area contributed by atoms with Gasteiger partial charge in [-0.15, -0.1) is 0 Å². The molecule has 4 nitrogen and oxygen atoms in total. The monoisotopic (exact) mass is 339 g/mol. The van der Waals surface area contributed by atoms with Crippen molar-refractivity contribution in [2.45, 2.75) is 6.10 Å². The molecule has 4 rings (SSSR count). The Morgan fingerprint density at radius 3 is 2.58 bits per heavy atom. The van der Waals surface area contributed by atoms with Gasteiger partial charge in [-0.25, -0.2) is 4.98 Å². The van der Waals surface area contributed by atoms with E-state index in [1.807, 2.05) is 31.3 Å². The molecule has 4 aromatic rings. The Kier molecular flexibility index (Phi) is 4.00. The van der Waals surface area contributed by atoms with Crippen molar-refractivity contribution in [3.8, 4) is 17.2 Å². The Bertz CT molecular complexity index is 1140. The lowest BCUT2D eigenvalue weighted by molar-refractivity contribution is 0.211. The lowest BCUT2D eigenvalue weighted by atomic mass is 9.94. The van der Waals surface area contributed by atoms with Crippen LogP contribution in [0.25, 0.3) is 21.9 Å². The summed E-state index contributed by atoms with van der Waals surface area (Å²) in [5, 5.41) is 22.5. The number of benzene rings is 3. The summed E-state index contributed by atoms with van der Waals surface area (Å²) in [5.74, 6) is 0. The summed E-state index contributed by atoms with van der Waals surface area (Å²) in [4.78, 5) is 4.07. The van der Waals surface area contributed by atoms with Crippen molar-refractivity contribution >= 4 is 10.8 Å². The predicted molar refractivity (Wildman–Crippen MR) is 101 cm³/mol. The fourth-order valence-electron chi connectivity index (χ4n) is 3.23. The smallest absolute Gasteiger partial charge is 0.121 e. The van der Waals surface area contributed by atoms with E-state index in [1.165, 1.54) is 0 Å². The molecule has 0 fully saturated rings. The van der Waals surface area contributed by atoms with E-state index in [2.05, 4.69) is 35.3 Å². The molecular formula is C22H17N3O. The van der Waals surface area contributed by atoms with Crippen molar-refractivity contribution < 1.29 is 5.11 Å². The van der Waals surface area contributed by atoms with Crippen LogP contribution in [0.4, 0.5) is 0 Å². The minimum Gasteiger partial charge on any atom is -0.382 e. The fraction of sp³-hybridized carbons (Fsp3) is 0.0909. The molecule has 4 heteroatoms. The Balaban J connectivity index is 1.84. The van der Waals surface area contributed by atoms with Gasteiger partial charge < -0.3 is 9.67 Å². The van der Waals surface area contributed by atoms with Gasteiger partial charge in [0.1, 0.15) is 6.10 Å². The molecule has 0 aliphatic heterocycles. The number of aryl methyl sites for hydroxylation is 1. The van der Waals surface area contributed by atoms with E-state index in [0.29, 0.717) is 11.3 Å². The average molecular weight is 339 g/mol. The van der Waals surface area contributed by atoms with Crippen LogP contribution in [-0.2, 0) is 7.05 Å². The maximum absolute atomic E-state index is 10.7. The van der Waals surface area contributed by atoms with Crippen molar-refractivity contribution in [2.75, 3.05) is 0 Å². The summed E-state index contributed by atoms with van der Waals surface area (Å²) in [7, 11) is 1.85. The van der Waals surface area contributed by atoms with Gasteiger partial charge in [-0.1, -0.05) is 42.5 Å². The molecule has 3 aromatic carbocycles. The summed E-state index contributed by atoms with van der Waals surface area (Å²) >= 11 is 0. The van der Waals surface area contributed by atoms with Crippen LogP contribution in [-0.4, -0.2) is 14.7 Å². The Morgan fingerprint density at radius 2 is 1.85 bits per heavy atom. The molecule has 0 saturated carbocycles. The highest BCUT2D eigenvalue weighted by atomic mass is 16.3. The van der Waals surface area contributed by atoms with Gasteiger partial charge in [0.25, 0.3) is 0 Å². The van der Waals surface area contributed by atoms with Gasteiger partial charge in [-0.05, 0) is 45.7 Å². The molecule has 0 radical (unpaired) electrons. The molecule has 0 aliphatic carbocycles. The van der Waals surface area contributed by atoms with Gasteiger partial charge in [-0.2, -0.15) is 5.26 Å². The van der Waals surface area contributed by atoms with Crippen LogP contribution in [0.1, 0.15) is 22.9 Å². The molecule has 0 bridgehead atoms. The van der Waals surface area contributed by atoms with E-state index in [1.54, 1.807) is 29.2 Å². The largest absolute Gasteiger partial charge is 0.382 e. The maximum Gasteiger partial charge on any atom is 0.121 e. The van der Waals surface area contributed by atoms with Crippen LogP contribution in [0.3, 0.4) is 0 Å². The summed E-state index contributed by atoms with van der Waals surface area (Å²) in [5.41, 5.74) is 3.80. The molecule has 1 atom stereocenters. The Morgan fingerprint density at radius 1 is 1.04 bits per heavy atom. The van der Waals surface area contributed by atoms with Crippen LogP contribution >= 0.6 is 0 Å². The third-order valence-corrected chi connectivity index (χ3v) is 4.67. The lowest BCUT2D eigenvalue weighted by Gasteiger charge is -2.14. The van der Waals surface area contributed by atoms with E-state index in [4.69, 9.17) is 0 Å². The molecule has 126 valence electrons. The minimum absolute atomic E-state index is 0.584. The second-order valence-corrected chi connectivity index (χ2v) is 6.31. The first-order valence-electron chi connectivity index (χ1n) is 8.35.